The van der Waals surface area contributed by atoms with E-state index in [-0.39, 0.29) is 28.8 Å². The van der Waals surface area contributed by atoms with E-state index in [2.05, 4.69) is 41.5 Å². The molecule has 1 amide bonds. The van der Waals surface area contributed by atoms with E-state index in [1.165, 1.54) is 0 Å². The van der Waals surface area contributed by atoms with Crippen LogP contribution in [0.25, 0.3) is 16.6 Å². The minimum Gasteiger partial charge on any atom is -0.333 e. The number of hydrogen-bond acceptors (Lipinski definition) is 3. The van der Waals surface area contributed by atoms with Gasteiger partial charge in [0.15, 0.2) is 0 Å². The molecular weight excluding hydrogens is 422 g/mol. The van der Waals surface area contributed by atoms with Crippen molar-refractivity contribution in [3.8, 4) is 5.69 Å². The summed E-state index contributed by atoms with van der Waals surface area (Å²) in [7, 11) is 0. The molecule has 0 aliphatic heterocycles. The normalized spacial score (nSPS) is 13.8. The van der Waals surface area contributed by atoms with Crippen molar-refractivity contribution in [1.29, 1.82) is 0 Å². The molecule has 0 N–H and O–H groups in total. The number of benzene rings is 2. The van der Waals surface area contributed by atoms with Gasteiger partial charge in [0.05, 0.1) is 22.6 Å². The van der Waals surface area contributed by atoms with Crippen molar-refractivity contribution in [2.24, 2.45) is 17.3 Å². The van der Waals surface area contributed by atoms with Gasteiger partial charge in [-0.2, -0.15) is 0 Å². The van der Waals surface area contributed by atoms with E-state index in [1.54, 1.807) is 4.57 Å². The molecule has 0 saturated carbocycles. The van der Waals surface area contributed by atoms with Gasteiger partial charge in [-0.1, -0.05) is 71.9 Å². The Kier molecular flexibility index (Phi) is 7.96. The van der Waals surface area contributed by atoms with E-state index in [9.17, 15) is 9.59 Å². The molecule has 0 bridgehead atoms. The molecule has 3 rings (SSSR count). The van der Waals surface area contributed by atoms with Gasteiger partial charge in [-0.3, -0.25) is 14.2 Å². The van der Waals surface area contributed by atoms with Crippen molar-refractivity contribution in [2.75, 3.05) is 6.54 Å². The van der Waals surface area contributed by atoms with Crippen LogP contribution in [0.15, 0.2) is 59.4 Å². The van der Waals surface area contributed by atoms with Crippen molar-refractivity contribution >= 4 is 16.8 Å². The minimum atomic E-state index is -0.353. The number of para-hydroxylation sites is 2. The maximum Gasteiger partial charge on any atom is 0.266 e. The molecule has 0 aliphatic rings. The molecule has 3 aromatic rings. The SMILES string of the molecule is CC(C)CN(C(=O)CC(C)CC(C)(C)C)C(C)c1nc2ccccc2c(=O)n1-c1ccccc1. The zero-order chi connectivity index (χ0) is 25.0. The number of rotatable bonds is 8. The van der Waals surface area contributed by atoms with Crippen LogP contribution in [0.5, 0.6) is 0 Å². The lowest BCUT2D eigenvalue weighted by molar-refractivity contribution is -0.135. The van der Waals surface area contributed by atoms with Gasteiger partial charge in [-0.15, -0.1) is 0 Å². The second-order valence-corrected chi connectivity index (χ2v) is 11.2. The summed E-state index contributed by atoms with van der Waals surface area (Å²) in [5.41, 5.74) is 1.46. The smallest absolute Gasteiger partial charge is 0.266 e. The minimum absolute atomic E-state index is 0.111. The van der Waals surface area contributed by atoms with Gasteiger partial charge < -0.3 is 4.90 Å². The van der Waals surface area contributed by atoms with E-state index in [0.717, 1.165) is 12.1 Å². The molecule has 5 heteroatoms. The molecule has 0 aliphatic carbocycles. The van der Waals surface area contributed by atoms with Crippen molar-refractivity contribution in [3.63, 3.8) is 0 Å². The average Bonchev–Trinajstić information content (AvgIpc) is 2.76. The van der Waals surface area contributed by atoms with Gasteiger partial charge in [-0.25, -0.2) is 4.98 Å². The van der Waals surface area contributed by atoms with Crippen molar-refractivity contribution in [2.45, 2.75) is 67.3 Å². The molecule has 0 fully saturated rings. The van der Waals surface area contributed by atoms with Gasteiger partial charge in [0.25, 0.3) is 5.56 Å². The highest BCUT2D eigenvalue weighted by Crippen LogP contribution is 2.29. The standard InChI is InChI=1S/C29H39N3O2/c1-20(2)19-31(26(33)17-21(3)18-29(5,6)7)22(4)27-30-25-16-12-11-15-24(25)28(34)32(27)23-13-9-8-10-14-23/h8-16,20-22H,17-19H2,1-7H3. The number of amides is 1. The Morgan fingerprint density at radius 2 is 1.59 bits per heavy atom. The number of aromatic nitrogens is 2. The van der Waals surface area contributed by atoms with Crippen molar-refractivity contribution in [3.05, 3.63) is 70.8 Å². The number of nitrogens with zero attached hydrogens (tertiary/aromatic N) is 3. The summed E-state index contributed by atoms with van der Waals surface area (Å²) in [5.74, 6) is 1.27. The Hall–Kier alpha value is -2.95. The highest BCUT2D eigenvalue weighted by molar-refractivity contribution is 5.79. The van der Waals surface area contributed by atoms with E-state index < -0.39 is 0 Å². The maximum absolute atomic E-state index is 13.6. The Morgan fingerprint density at radius 3 is 2.21 bits per heavy atom. The van der Waals surface area contributed by atoms with E-state index in [0.29, 0.717) is 35.6 Å². The topological polar surface area (TPSA) is 55.2 Å². The predicted octanol–water partition coefficient (Wildman–Crippen LogP) is 6.39. The maximum atomic E-state index is 13.6. The lowest BCUT2D eigenvalue weighted by Crippen LogP contribution is -2.40. The summed E-state index contributed by atoms with van der Waals surface area (Å²) < 4.78 is 1.67. The molecule has 0 spiro atoms. The van der Waals surface area contributed by atoms with Crippen LogP contribution in [0.1, 0.15) is 73.2 Å². The second-order valence-electron chi connectivity index (χ2n) is 11.2. The highest BCUT2D eigenvalue weighted by atomic mass is 16.2. The third-order valence-corrected chi connectivity index (χ3v) is 6.02. The first kappa shape index (κ1) is 25.7. The van der Waals surface area contributed by atoms with Crippen LogP contribution in [0, 0.1) is 17.3 Å². The highest BCUT2D eigenvalue weighted by Gasteiger charge is 2.29. The van der Waals surface area contributed by atoms with Gasteiger partial charge in [-0.05, 0) is 54.9 Å². The fraction of sp³-hybridized carbons (Fsp3) is 0.483. The molecular formula is C29H39N3O2. The summed E-state index contributed by atoms with van der Waals surface area (Å²) in [5, 5.41) is 0.572. The Morgan fingerprint density at radius 1 is 0.971 bits per heavy atom. The number of carbonyl (C=O) groups excluding carboxylic acids is 1. The molecule has 1 aromatic heterocycles. The molecule has 2 aromatic carbocycles. The summed E-state index contributed by atoms with van der Waals surface area (Å²) in [6.07, 6.45) is 1.46. The molecule has 5 nitrogen and oxygen atoms in total. The first-order valence-electron chi connectivity index (χ1n) is 12.3. The van der Waals surface area contributed by atoms with Crippen LogP contribution in [0.2, 0.25) is 0 Å². The molecule has 34 heavy (non-hydrogen) atoms. The van der Waals surface area contributed by atoms with Crippen molar-refractivity contribution < 1.29 is 4.79 Å². The molecule has 1 heterocycles. The fourth-order valence-electron chi connectivity index (χ4n) is 4.80. The van der Waals surface area contributed by atoms with Crippen LogP contribution >= 0.6 is 0 Å². The molecule has 2 unspecified atom stereocenters. The van der Waals surface area contributed by atoms with E-state index in [4.69, 9.17) is 4.98 Å². The van der Waals surface area contributed by atoms with Gasteiger partial charge in [0, 0.05) is 13.0 Å². The van der Waals surface area contributed by atoms with Crippen LogP contribution in [0.4, 0.5) is 0 Å². The third kappa shape index (κ3) is 6.13. The van der Waals surface area contributed by atoms with Crippen LogP contribution < -0.4 is 5.56 Å². The first-order valence-corrected chi connectivity index (χ1v) is 12.3. The van der Waals surface area contributed by atoms with Gasteiger partial charge >= 0.3 is 0 Å². The van der Waals surface area contributed by atoms with Gasteiger partial charge in [0.1, 0.15) is 5.82 Å². The largest absolute Gasteiger partial charge is 0.333 e. The molecule has 2 atom stereocenters. The van der Waals surface area contributed by atoms with Crippen LogP contribution in [0.3, 0.4) is 0 Å². The van der Waals surface area contributed by atoms with Crippen LogP contribution in [-0.4, -0.2) is 26.9 Å². The molecule has 0 radical (unpaired) electrons. The van der Waals surface area contributed by atoms with Gasteiger partial charge in [0.2, 0.25) is 5.91 Å². The van der Waals surface area contributed by atoms with Crippen LogP contribution in [-0.2, 0) is 4.79 Å². The Labute approximate surface area is 203 Å². The number of carbonyl (C=O) groups is 1. The fourth-order valence-corrected chi connectivity index (χ4v) is 4.80. The first-order chi connectivity index (χ1) is 16.0. The third-order valence-electron chi connectivity index (χ3n) is 6.02. The second kappa shape index (κ2) is 10.5. The average molecular weight is 462 g/mol. The van der Waals surface area contributed by atoms with E-state index >= 15 is 0 Å². The zero-order valence-electron chi connectivity index (χ0n) is 21.7. The quantitative estimate of drug-likeness (QED) is 0.390. The summed E-state index contributed by atoms with van der Waals surface area (Å²) in [4.78, 5) is 34.1. The Bertz CT molecular complexity index is 1180. The lowest BCUT2D eigenvalue weighted by atomic mass is 9.84. The zero-order valence-corrected chi connectivity index (χ0v) is 21.7. The lowest BCUT2D eigenvalue weighted by Gasteiger charge is -2.33. The summed E-state index contributed by atoms with van der Waals surface area (Å²) in [6, 6.07) is 16.6. The van der Waals surface area contributed by atoms with Crippen molar-refractivity contribution in [1.82, 2.24) is 14.5 Å². The molecule has 0 saturated heterocycles. The Balaban J connectivity index is 2.09. The summed E-state index contributed by atoms with van der Waals surface area (Å²) in [6.45, 7) is 15.6. The number of hydrogen-bond donors (Lipinski definition) is 0. The summed E-state index contributed by atoms with van der Waals surface area (Å²) >= 11 is 0. The predicted molar refractivity (Wildman–Crippen MR) is 140 cm³/mol. The number of fused-ring (bicyclic) bond motifs is 1. The molecule has 182 valence electrons. The monoisotopic (exact) mass is 461 g/mol. The van der Waals surface area contributed by atoms with E-state index in [1.807, 2.05) is 66.4 Å².